The third-order valence-corrected chi connectivity index (χ3v) is 3.89. The lowest BCUT2D eigenvalue weighted by molar-refractivity contribution is -0.116. The average molecular weight is 379 g/mol. The molecule has 0 bridgehead atoms. The van der Waals surface area contributed by atoms with Crippen LogP contribution in [0.3, 0.4) is 0 Å². The summed E-state index contributed by atoms with van der Waals surface area (Å²) >= 11 is 0. The lowest BCUT2D eigenvalue weighted by Gasteiger charge is -2.14. The molecule has 2 aromatic rings. The van der Waals surface area contributed by atoms with Gasteiger partial charge >= 0.3 is 0 Å². The molecule has 142 valence electrons. The monoisotopic (exact) mass is 378 g/mol. The first-order valence-electron chi connectivity index (χ1n) is 8.58. The summed E-state index contributed by atoms with van der Waals surface area (Å²) < 4.78 is 11.0. The second-order valence-electron chi connectivity index (χ2n) is 5.81. The first-order chi connectivity index (χ1) is 12.1. The van der Waals surface area contributed by atoms with Gasteiger partial charge in [-0.1, -0.05) is 31.5 Å². The molecule has 5 nitrogen and oxygen atoms in total. The number of anilines is 2. The van der Waals surface area contributed by atoms with Crippen molar-refractivity contribution < 1.29 is 14.3 Å². The second kappa shape index (κ2) is 11.3. The molecule has 0 heterocycles. The largest absolute Gasteiger partial charge is 0.497 e. The molecule has 0 aromatic heterocycles. The topological polar surface area (TPSA) is 73.6 Å². The van der Waals surface area contributed by atoms with Gasteiger partial charge in [0, 0.05) is 18.2 Å². The first-order valence-corrected chi connectivity index (χ1v) is 8.58. The molecule has 0 fully saturated rings. The molecular weight excluding hydrogens is 352 g/mol. The maximum Gasteiger partial charge on any atom is 0.224 e. The van der Waals surface area contributed by atoms with E-state index in [1.54, 1.807) is 13.2 Å². The first kappa shape index (κ1) is 21.6. The van der Waals surface area contributed by atoms with Crippen molar-refractivity contribution in [3.63, 3.8) is 0 Å². The number of nitrogens with two attached hydrogens (primary N) is 1. The number of carbonyl (C=O) groups excluding carboxylic acids is 1. The van der Waals surface area contributed by atoms with Gasteiger partial charge in [0.05, 0.1) is 19.4 Å². The van der Waals surface area contributed by atoms with E-state index in [-0.39, 0.29) is 18.3 Å². The predicted molar refractivity (Wildman–Crippen MR) is 108 cm³/mol. The molecule has 0 atom stereocenters. The van der Waals surface area contributed by atoms with Crippen LogP contribution in [0, 0.1) is 0 Å². The number of unbranched alkanes of at least 4 members (excludes halogenated alkanes) is 1. The molecule has 0 aliphatic rings. The van der Waals surface area contributed by atoms with Gasteiger partial charge in [-0.05, 0) is 36.6 Å². The van der Waals surface area contributed by atoms with Crippen LogP contribution in [-0.2, 0) is 11.2 Å². The van der Waals surface area contributed by atoms with Gasteiger partial charge in [-0.2, -0.15) is 0 Å². The third-order valence-electron chi connectivity index (χ3n) is 3.89. The van der Waals surface area contributed by atoms with E-state index in [0.29, 0.717) is 42.3 Å². The molecule has 0 unspecified atom stereocenters. The molecule has 0 aliphatic heterocycles. The summed E-state index contributed by atoms with van der Waals surface area (Å²) in [6, 6.07) is 13.0. The van der Waals surface area contributed by atoms with Crippen molar-refractivity contribution in [3.8, 4) is 11.5 Å². The number of nitrogen functional groups attached to an aromatic ring is 1. The number of benzene rings is 2. The fourth-order valence-corrected chi connectivity index (χ4v) is 2.41. The summed E-state index contributed by atoms with van der Waals surface area (Å²) in [4.78, 5) is 12.3. The van der Waals surface area contributed by atoms with Crippen LogP contribution in [0.2, 0.25) is 0 Å². The van der Waals surface area contributed by atoms with E-state index in [1.165, 1.54) is 0 Å². The van der Waals surface area contributed by atoms with E-state index in [4.69, 9.17) is 15.2 Å². The maximum atomic E-state index is 12.3. The number of ether oxygens (including phenoxy) is 2. The fraction of sp³-hybridized carbons (Fsp3) is 0.350. The lowest BCUT2D eigenvalue weighted by atomic mass is 10.1. The third kappa shape index (κ3) is 6.48. The lowest BCUT2D eigenvalue weighted by Crippen LogP contribution is -2.14. The summed E-state index contributed by atoms with van der Waals surface area (Å²) in [5, 5.41) is 2.92. The van der Waals surface area contributed by atoms with Crippen molar-refractivity contribution in [1.82, 2.24) is 0 Å². The summed E-state index contributed by atoms with van der Waals surface area (Å²) in [6.45, 7) is 2.72. The molecule has 1 amide bonds. The fourth-order valence-electron chi connectivity index (χ4n) is 2.41. The number of para-hydroxylation sites is 1. The van der Waals surface area contributed by atoms with E-state index in [1.807, 2.05) is 36.4 Å². The molecule has 0 radical (unpaired) electrons. The number of hydrogen-bond donors (Lipinski definition) is 2. The van der Waals surface area contributed by atoms with Gasteiger partial charge < -0.3 is 20.5 Å². The van der Waals surface area contributed by atoms with E-state index in [9.17, 15) is 4.79 Å². The number of nitrogens with one attached hydrogen (secondary N) is 1. The van der Waals surface area contributed by atoms with Crippen molar-refractivity contribution in [1.29, 1.82) is 0 Å². The molecule has 6 heteroatoms. The summed E-state index contributed by atoms with van der Waals surface area (Å²) in [7, 11) is 1.59. The Bertz CT molecular complexity index is 707. The minimum absolute atomic E-state index is 0. The molecule has 26 heavy (non-hydrogen) atoms. The van der Waals surface area contributed by atoms with Crippen molar-refractivity contribution in [2.45, 2.75) is 32.6 Å². The summed E-state index contributed by atoms with van der Waals surface area (Å²) in [6.07, 6.45) is 2.96. The van der Waals surface area contributed by atoms with E-state index in [2.05, 4.69) is 12.2 Å². The minimum Gasteiger partial charge on any atom is -0.497 e. The Hall–Kier alpha value is -2.40. The number of halogens is 1. The highest BCUT2D eigenvalue weighted by Gasteiger charge is 2.11. The normalized spacial score (nSPS) is 9.92. The zero-order chi connectivity index (χ0) is 18.1. The van der Waals surface area contributed by atoms with Crippen LogP contribution in [0.4, 0.5) is 11.4 Å². The number of hydrogen-bond acceptors (Lipinski definition) is 4. The van der Waals surface area contributed by atoms with Crippen LogP contribution in [0.15, 0.2) is 42.5 Å². The Morgan fingerprint density at radius 1 is 1.19 bits per heavy atom. The highest BCUT2D eigenvalue weighted by Crippen LogP contribution is 2.29. The molecule has 0 spiro atoms. The Balaban J connectivity index is 0.00000338. The van der Waals surface area contributed by atoms with E-state index >= 15 is 0 Å². The molecule has 3 N–H and O–H groups in total. The number of aryl methyl sites for hydroxylation is 1. The summed E-state index contributed by atoms with van der Waals surface area (Å²) in [5.74, 6) is 1.24. The Morgan fingerprint density at radius 3 is 2.65 bits per heavy atom. The zero-order valence-electron chi connectivity index (χ0n) is 15.3. The number of amides is 1. The Kier molecular flexibility index (Phi) is 9.37. The van der Waals surface area contributed by atoms with Crippen LogP contribution in [-0.4, -0.2) is 19.6 Å². The number of methoxy groups -OCH3 is 1. The van der Waals surface area contributed by atoms with Crippen LogP contribution in [0.5, 0.6) is 11.5 Å². The highest BCUT2D eigenvalue weighted by molar-refractivity contribution is 5.92. The van der Waals surface area contributed by atoms with E-state index in [0.717, 1.165) is 18.4 Å². The average Bonchev–Trinajstić information content (AvgIpc) is 2.62. The molecule has 0 saturated heterocycles. The number of rotatable bonds is 9. The van der Waals surface area contributed by atoms with Gasteiger partial charge in [-0.15, -0.1) is 12.4 Å². The standard InChI is InChI=1S/C20H26N2O3.ClH/c1-3-4-13-25-19-11-10-16(24-2)14-18(19)22-20(23)12-9-15-7-5-6-8-17(15)21;/h5-8,10-11,14H,3-4,9,12-13,21H2,1-2H3,(H,22,23);1H. The minimum atomic E-state index is -0.0863. The molecule has 2 rings (SSSR count). The molecule has 2 aromatic carbocycles. The SMILES string of the molecule is CCCCOc1ccc(OC)cc1NC(=O)CCc1ccccc1N.Cl. The van der Waals surface area contributed by atoms with Crippen LogP contribution in [0.25, 0.3) is 0 Å². The zero-order valence-corrected chi connectivity index (χ0v) is 16.1. The predicted octanol–water partition coefficient (Wildman–Crippen LogP) is 4.45. The second-order valence-corrected chi connectivity index (χ2v) is 5.81. The number of carbonyl (C=O) groups is 1. The van der Waals surface area contributed by atoms with Crippen molar-refractivity contribution in [2.75, 3.05) is 24.8 Å². The van der Waals surface area contributed by atoms with Crippen molar-refractivity contribution in [2.24, 2.45) is 0 Å². The van der Waals surface area contributed by atoms with Crippen LogP contribution >= 0.6 is 12.4 Å². The van der Waals surface area contributed by atoms with Crippen molar-refractivity contribution >= 4 is 29.7 Å². The molecule has 0 aliphatic carbocycles. The summed E-state index contributed by atoms with van der Waals surface area (Å²) in [5.41, 5.74) is 8.23. The van der Waals surface area contributed by atoms with Gasteiger partial charge in [0.15, 0.2) is 0 Å². The van der Waals surface area contributed by atoms with E-state index < -0.39 is 0 Å². The Labute approximate surface area is 161 Å². The van der Waals surface area contributed by atoms with Gasteiger partial charge in [0.2, 0.25) is 5.91 Å². The van der Waals surface area contributed by atoms with Crippen LogP contribution in [0.1, 0.15) is 31.7 Å². The highest BCUT2D eigenvalue weighted by atomic mass is 35.5. The van der Waals surface area contributed by atoms with Gasteiger partial charge in [-0.25, -0.2) is 0 Å². The van der Waals surface area contributed by atoms with Gasteiger partial charge in [0.1, 0.15) is 11.5 Å². The molecule has 0 saturated carbocycles. The Morgan fingerprint density at radius 2 is 1.96 bits per heavy atom. The maximum absolute atomic E-state index is 12.3. The molecular formula is C20H27ClN2O3. The van der Waals surface area contributed by atoms with Gasteiger partial charge in [-0.3, -0.25) is 4.79 Å². The van der Waals surface area contributed by atoms with Crippen LogP contribution < -0.4 is 20.5 Å². The quantitative estimate of drug-likeness (QED) is 0.499. The van der Waals surface area contributed by atoms with Gasteiger partial charge in [0.25, 0.3) is 0 Å². The smallest absolute Gasteiger partial charge is 0.224 e. The van der Waals surface area contributed by atoms with Crippen molar-refractivity contribution in [3.05, 3.63) is 48.0 Å².